The number of rotatable bonds is 8. The largest absolute Gasteiger partial charge is 0.486 e. The van der Waals surface area contributed by atoms with Crippen LogP contribution in [0.25, 0.3) is 0 Å². The van der Waals surface area contributed by atoms with Gasteiger partial charge in [-0.05, 0) is 71.2 Å². The van der Waals surface area contributed by atoms with E-state index in [9.17, 15) is 4.79 Å². The molecule has 0 aliphatic heterocycles. The van der Waals surface area contributed by atoms with Crippen molar-refractivity contribution >= 4 is 74.6 Å². The number of nitrogens with zero attached hydrogens (tertiary/aromatic N) is 3. The first-order valence-corrected chi connectivity index (χ1v) is 12.5. The first kappa shape index (κ1) is 25.8. The Kier molecular flexibility index (Phi) is 9.40. The number of halogens is 4. The van der Waals surface area contributed by atoms with E-state index >= 15 is 0 Å². The lowest BCUT2D eigenvalue weighted by Crippen LogP contribution is -2.19. The number of aromatic nitrogens is 2. The van der Waals surface area contributed by atoms with Gasteiger partial charge in [0.1, 0.15) is 6.61 Å². The number of benzene rings is 2. The minimum absolute atomic E-state index is 0.145. The molecule has 0 aliphatic rings. The van der Waals surface area contributed by atoms with Crippen LogP contribution in [0.15, 0.2) is 51.1 Å². The second-order valence-corrected chi connectivity index (χ2v) is 9.88. The van der Waals surface area contributed by atoms with E-state index in [1.165, 1.54) is 18.0 Å². The zero-order chi connectivity index (χ0) is 24.0. The van der Waals surface area contributed by atoms with Gasteiger partial charge in [-0.15, -0.1) is 0 Å². The van der Waals surface area contributed by atoms with Gasteiger partial charge < -0.3 is 4.74 Å². The van der Waals surface area contributed by atoms with Crippen LogP contribution in [-0.4, -0.2) is 27.8 Å². The van der Waals surface area contributed by atoms with E-state index in [0.717, 1.165) is 17.0 Å². The lowest BCUT2D eigenvalue weighted by Gasteiger charge is -2.11. The summed E-state index contributed by atoms with van der Waals surface area (Å²) in [6.45, 7) is 4.03. The van der Waals surface area contributed by atoms with Crippen molar-refractivity contribution in [2.45, 2.75) is 25.6 Å². The molecule has 172 valence electrons. The van der Waals surface area contributed by atoms with Crippen molar-refractivity contribution in [3.05, 3.63) is 78.5 Å². The van der Waals surface area contributed by atoms with Gasteiger partial charge in [-0.25, -0.2) is 15.4 Å². The maximum atomic E-state index is 12.1. The minimum Gasteiger partial charge on any atom is -0.486 e. The number of hydrazone groups is 1. The average molecular weight is 589 g/mol. The summed E-state index contributed by atoms with van der Waals surface area (Å²) in [6, 6.07) is 10.6. The normalized spacial score (nSPS) is 11.1. The number of thioether (sulfide) groups is 1. The van der Waals surface area contributed by atoms with Crippen molar-refractivity contribution < 1.29 is 9.53 Å². The maximum absolute atomic E-state index is 12.1. The van der Waals surface area contributed by atoms with Crippen LogP contribution in [0.2, 0.25) is 15.1 Å². The fourth-order valence-corrected chi connectivity index (χ4v) is 4.73. The quantitative estimate of drug-likeness (QED) is 0.138. The minimum atomic E-state index is -0.272. The molecule has 0 radical (unpaired) electrons. The Labute approximate surface area is 219 Å². The van der Waals surface area contributed by atoms with Gasteiger partial charge in [0.2, 0.25) is 0 Å². The molecular formula is C22H18BrCl3N4O2S. The summed E-state index contributed by atoms with van der Waals surface area (Å²) in [5.74, 6) is 0.353. The van der Waals surface area contributed by atoms with Gasteiger partial charge in [-0.2, -0.15) is 5.10 Å². The number of amides is 1. The smallest absolute Gasteiger partial charge is 0.250 e. The van der Waals surface area contributed by atoms with Gasteiger partial charge in [0.25, 0.3) is 5.91 Å². The molecule has 33 heavy (non-hydrogen) atoms. The predicted octanol–water partition coefficient (Wildman–Crippen LogP) is 6.64. The molecule has 0 unspecified atom stereocenters. The number of hydrogen-bond donors (Lipinski definition) is 1. The first-order valence-electron chi connectivity index (χ1n) is 9.54. The molecule has 1 amide bonds. The lowest BCUT2D eigenvalue weighted by molar-refractivity contribution is -0.118. The third-order valence-electron chi connectivity index (χ3n) is 4.08. The van der Waals surface area contributed by atoms with E-state index in [2.05, 4.69) is 36.4 Å². The molecular weight excluding hydrogens is 571 g/mol. The van der Waals surface area contributed by atoms with Crippen LogP contribution < -0.4 is 10.2 Å². The first-order chi connectivity index (χ1) is 15.7. The van der Waals surface area contributed by atoms with Crippen molar-refractivity contribution in [1.82, 2.24) is 15.4 Å². The molecule has 2 aromatic carbocycles. The molecule has 1 heterocycles. The molecule has 1 aromatic heterocycles. The molecule has 0 aliphatic carbocycles. The average Bonchev–Trinajstić information content (AvgIpc) is 2.73. The third kappa shape index (κ3) is 7.86. The summed E-state index contributed by atoms with van der Waals surface area (Å²) in [5.41, 5.74) is 5.73. The van der Waals surface area contributed by atoms with Gasteiger partial charge in [0.05, 0.1) is 31.5 Å². The Morgan fingerprint density at radius 1 is 1.09 bits per heavy atom. The summed E-state index contributed by atoms with van der Waals surface area (Å²) in [4.78, 5) is 20.6. The van der Waals surface area contributed by atoms with Crippen molar-refractivity contribution in [2.24, 2.45) is 5.10 Å². The molecule has 6 nitrogen and oxygen atoms in total. The van der Waals surface area contributed by atoms with Crippen LogP contribution in [0.4, 0.5) is 0 Å². The van der Waals surface area contributed by atoms with Crippen molar-refractivity contribution in [1.29, 1.82) is 0 Å². The van der Waals surface area contributed by atoms with Crippen LogP contribution in [0.1, 0.15) is 22.5 Å². The Morgan fingerprint density at radius 2 is 1.82 bits per heavy atom. The molecule has 0 fully saturated rings. The second-order valence-electron chi connectivity index (χ2n) is 6.87. The molecule has 11 heteroatoms. The Morgan fingerprint density at radius 3 is 2.48 bits per heavy atom. The van der Waals surface area contributed by atoms with E-state index in [4.69, 9.17) is 39.5 Å². The van der Waals surface area contributed by atoms with Gasteiger partial charge >= 0.3 is 0 Å². The Bertz CT molecular complexity index is 1170. The van der Waals surface area contributed by atoms with E-state index in [1.807, 2.05) is 26.0 Å². The number of aryl methyl sites for hydroxylation is 2. The molecule has 3 aromatic rings. The zero-order valence-electron chi connectivity index (χ0n) is 17.5. The van der Waals surface area contributed by atoms with Crippen LogP contribution >= 0.6 is 62.5 Å². The van der Waals surface area contributed by atoms with Gasteiger partial charge in [0, 0.05) is 11.4 Å². The summed E-state index contributed by atoms with van der Waals surface area (Å²) >= 11 is 23.1. The third-order valence-corrected chi connectivity index (χ3v) is 6.54. The fourth-order valence-electron chi connectivity index (χ4n) is 2.68. The van der Waals surface area contributed by atoms with Crippen molar-refractivity contribution in [3.63, 3.8) is 0 Å². The molecule has 0 saturated heterocycles. The molecule has 3 rings (SSSR count). The summed E-state index contributed by atoms with van der Waals surface area (Å²) in [6.07, 6.45) is 1.50. The Balaban J connectivity index is 1.55. The standard InChI is InChI=1S/C22H18BrCl3N4O2S/c1-12-5-13(2)29-22(28-12)33-11-20(31)30-27-9-15-6-16(23)21(19(26)8-15)32-10-14-3-4-17(24)18(25)7-14/h3-9H,10-11H2,1-2H3,(H,30,31)/b27-9-. The maximum Gasteiger partial charge on any atom is 0.250 e. The second kappa shape index (κ2) is 12.0. The van der Waals surface area contributed by atoms with E-state index < -0.39 is 0 Å². The van der Waals surface area contributed by atoms with Crippen molar-refractivity contribution in [3.8, 4) is 5.75 Å². The van der Waals surface area contributed by atoms with Crippen molar-refractivity contribution in [2.75, 3.05) is 5.75 Å². The summed E-state index contributed by atoms with van der Waals surface area (Å²) in [5, 5.41) is 5.86. The van der Waals surface area contributed by atoms with Crippen LogP contribution in [-0.2, 0) is 11.4 Å². The summed E-state index contributed by atoms with van der Waals surface area (Å²) in [7, 11) is 0. The molecule has 1 N–H and O–H groups in total. The van der Waals surface area contributed by atoms with Crippen LogP contribution in [0, 0.1) is 13.8 Å². The summed E-state index contributed by atoms with van der Waals surface area (Å²) < 4.78 is 6.47. The van der Waals surface area contributed by atoms with E-state index in [1.54, 1.807) is 24.3 Å². The van der Waals surface area contributed by atoms with E-state index in [0.29, 0.717) is 36.0 Å². The number of hydrogen-bond acceptors (Lipinski definition) is 6. The monoisotopic (exact) mass is 586 g/mol. The number of carbonyl (C=O) groups is 1. The molecule has 0 spiro atoms. The zero-order valence-corrected chi connectivity index (χ0v) is 22.2. The van der Waals surface area contributed by atoms with E-state index in [-0.39, 0.29) is 18.3 Å². The van der Waals surface area contributed by atoms with Gasteiger partial charge in [-0.3, -0.25) is 4.79 Å². The van der Waals surface area contributed by atoms with Gasteiger partial charge in [-0.1, -0.05) is 52.6 Å². The highest BCUT2D eigenvalue weighted by Crippen LogP contribution is 2.35. The SMILES string of the molecule is Cc1cc(C)nc(SCC(=O)N/N=C\c2cc(Cl)c(OCc3ccc(Cl)c(Cl)c3)c(Br)c2)n1. The predicted molar refractivity (Wildman–Crippen MR) is 138 cm³/mol. The highest BCUT2D eigenvalue weighted by atomic mass is 79.9. The Hall–Kier alpha value is -1.84. The highest BCUT2D eigenvalue weighted by Gasteiger charge is 2.10. The molecule has 0 atom stereocenters. The van der Waals surface area contributed by atoms with Crippen LogP contribution in [0.5, 0.6) is 5.75 Å². The number of ether oxygens (including phenoxy) is 1. The molecule has 0 bridgehead atoms. The van der Waals surface area contributed by atoms with Gasteiger partial charge in [0.15, 0.2) is 10.9 Å². The fraction of sp³-hybridized carbons (Fsp3) is 0.182. The number of nitrogens with one attached hydrogen (secondary N) is 1. The highest BCUT2D eigenvalue weighted by molar-refractivity contribution is 9.10. The lowest BCUT2D eigenvalue weighted by atomic mass is 10.2. The number of carbonyl (C=O) groups excluding carboxylic acids is 1. The molecule has 0 saturated carbocycles. The topological polar surface area (TPSA) is 76.5 Å². The van der Waals surface area contributed by atoms with Crippen LogP contribution in [0.3, 0.4) is 0 Å².